The molecule has 0 saturated heterocycles. The zero-order chi connectivity index (χ0) is 24.9. The van der Waals surface area contributed by atoms with Crippen LogP contribution in [0, 0.1) is 0 Å². The number of benzene rings is 3. The Labute approximate surface area is 215 Å². The van der Waals surface area contributed by atoms with Crippen LogP contribution < -0.4 is 9.47 Å². The third-order valence-electron chi connectivity index (χ3n) is 6.22. The summed E-state index contributed by atoms with van der Waals surface area (Å²) in [5.41, 5.74) is 3.46. The van der Waals surface area contributed by atoms with Crippen LogP contribution in [0.2, 0.25) is 0 Å². The lowest BCUT2D eigenvalue weighted by Gasteiger charge is -2.28. The quantitative estimate of drug-likeness (QED) is 0.314. The normalized spacial score (nSPS) is 13.7. The lowest BCUT2D eigenvalue weighted by Crippen LogP contribution is -2.37. The minimum Gasteiger partial charge on any atom is -0.493 e. The molecule has 0 bridgehead atoms. The third kappa shape index (κ3) is 5.09. The Morgan fingerprint density at radius 2 is 1.64 bits per heavy atom. The number of carbonyl (C=O) groups is 1. The van der Waals surface area contributed by atoms with E-state index in [-0.39, 0.29) is 11.7 Å². The monoisotopic (exact) mass is 500 g/mol. The summed E-state index contributed by atoms with van der Waals surface area (Å²) in [7, 11) is 1.62. The molecule has 0 saturated carbocycles. The van der Waals surface area contributed by atoms with Gasteiger partial charge in [0.2, 0.25) is 5.91 Å². The maximum Gasteiger partial charge on any atom is 0.233 e. The van der Waals surface area contributed by atoms with Crippen LogP contribution in [-0.4, -0.2) is 45.0 Å². The van der Waals surface area contributed by atoms with Gasteiger partial charge in [0.1, 0.15) is 0 Å². The van der Waals surface area contributed by atoms with Gasteiger partial charge in [0.05, 0.1) is 12.9 Å². The SMILES string of the molecule is COc1ccccc1OC(C)c1nnc(SCC(=O)N2CCc3ccccc3C2)n1-c1ccccc1. The molecule has 7 nitrogen and oxygen atoms in total. The Kier molecular flexibility index (Phi) is 7.23. The summed E-state index contributed by atoms with van der Waals surface area (Å²) in [5, 5.41) is 9.56. The van der Waals surface area contributed by atoms with E-state index in [0.717, 1.165) is 18.7 Å². The van der Waals surface area contributed by atoms with Crippen LogP contribution in [-0.2, 0) is 17.8 Å². The Morgan fingerprint density at radius 1 is 0.944 bits per heavy atom. The number of rotatable bonds is 8. The van der Waals surface area contributed by atoms with Crippen LogP contribution in [0.4, 0.5) is 0 Å². The van der Waals surface area contributed by atoms with E-state index in [1.54, 1.807) is 7.11 Å². The molecule has 1 atom stereocenters. The first-order chi connectivity index (χ1) is 17.6. The fraction of sp³-hybridized carbons (Fsp3) is 0.250. The van der Waals surface area contributed by atoms with Crippen molar-refractivity contribution in [3.63, 3.8) is 0 Å². The van der Waals surface area contributed by atoms with Crippen molar-refractivity contribution in [1.82, 2.24) is 19.7 Å². The molecule has 1 aliphatic heterocycles. The fourth-order valence-electron chi connectivity index (χ4n) is 4.34. The molecule has 8 heteroatoms. The largest absolute Gasteiger partial charge is 0.493 e. The van der Waals surface area contributed by atoms with Crippen LogP contribution in [0.15, 0.2) is 84.0 Å². The van der Waals surface area contributed by atoms with Crippen LogP contribution in [0.1, 0.15) is 30.0 Å². The topological polar surface area (TPSA) is 69.5 Å². The van der Waals surface area contributed by atoms with Gasteiger partial charge < -0.3 is 14.4 Å². The molecule has 1 aromatic heterocycles. The number of fused-ring (bicyclic) bond motifs is 1. The molecular formula is C28H28N4O3S. The second-order valence-electron chi connectivity index (χ2n) is 8.55. The van der Waals surface area contributed by atoms with Gasteiger partial charge in [0.25, 0.3) is 0 Å². The zero-order valence-electron chi connectivity index (χ0n) is 20.3. The predicted molar refractivity (Wildman–Crippen MR) is 140 cm³/mol. The molecule has 0 N–H and O–H groups in total. The van der Waals surface area contributed by atoms with Crippen molar-refractivity contribution in [3.8, 4) is 17.2 Å². The first-order valence-electron chi connectivity index (χ1n) is 11.9. The number of carbonyl (C=O) groups excluding carboxylic acids is 1. The van der Waals surface area contributed by atoms with Gasteiger partial charge >= 0.3 is 0 Å². The lowest BCUT2D eigenvalue weighted by molar-refractivity contribution is -0.129. The lowest BCUT2D eigenvalue weighted by atomic mass is 10.00. The second-order valence-corrected chi connectivity index (χ2v) is 9.49. The minimum absolute atomic E-state index is 0.0944. The molecule has 3 aromatic carbocycles. The molecule has 0 aliphatic carbocycles. The molecule has 0 fully saturated rings. The number of ether oxygens (including phenoxy) is 2. The molecule has 0 spiro atoms. The standard InChI is InChI=1S/C28H28N4O3S/c1-20(35-25-15-9-8-14-24(25)34-2)27-29-30-28(32(27)23-12-4-3-5-13-23)36-19-26(33)31-17-16-21-10-6-7-11-22(21)18-31/h3-15,20H,16-19H2,1-2H3. The average Bonchev–Trinajstić information content (AvgIpc) is 3.36. The van der Waals surface area contributed by atoms with E-state index in [2.05, 4.69) is 28.4 Å². The summed E-state index contributed by atoms with van der Waals surface area (Å²) >= 11 is 1.40. The van der Waals surface area contributed by atoms with Crippen LogP contribution in [0.25, 0.3) is 5.69 Å². The van der Waals surface area contributed by atoms with E-state index in [0.29, 0.717) is 29.0 Å². The van der Waals surface area contributed by atoms with Crippen molar-refractivity contribution in [2.75, 3.05) is 19.4 Å². The highest BCUT2D eigenvalue weighted by Crippen LogP contribution is 2.32. The fourth-order valence-corrected chi connectivity index (χ4v) is 5.20. The average molecular weight is 501 g/mol. The maximum atomic E-state index is 13.1. The van der Waals surface area contributed by atoms with Gasteiger partial charge in [-0.05, 0) is 48.7 Å². The van der Waals surface area contributed by atoms with E-state index in [1.807, 2.05) is 77.1 Å². The Morgan fingerprint density at radius 3 is 2.42 bits per heavy atom. The van der Waals surface area contributed by atoms with E-state index >= 15 is 0 Å². The predicted octanol–water partition coefficient (Wildman–Crippen LogP) is 5.09. The number of thioether (sulfide) groups is 1. The van der Waals surface area contributed by atoms with Crippen molar-refractivity contribution < 1.29 is 14.3 Å². The van der Waals surface area contributed by atoms with Crippen molar-refractivity contribution in [2.45, 2.75) is 31.1 Å². The number of methoxy groups -OCH3 is 1. The number of amides is 1. The number of hydrogen-bond acceptors (Lipinski definition) is 6. The maximum absolute atomic E-state index is 13.1. The molecule has 1 amide bonds. The highest BCUT2D eigenvalue weighted by atomic mass is 32.2. The van der Waals surface area contributed by atoms with Crippen molar-refractivity contribution >= 4 is 17.7 Å². The minimum atomic E-state index is -0.405. The molecule has 5 rings (SSSR count). The van der Waals surface area contributed by atoms with Gasteiger partial charge in [-0.15, -0.1) is 10.2 Å². The molecule has 4 aromatic rings. The Hall–Kier alpha value is -3.78. The summed E-state index contributed by atoms with van der Waals surface area (Å²) in [4.78, 5) is 15.0. The summed E-state index contributed by atoms with van der Waals surface area (Å²) in [6.45, 7) is 3.31. The number of aromatic nitrogens is 3. The number of para-hydroxylation sites is 3. The smallest absolute Gasteiger partial charge is 0.233 e. The van der Waals surface area contributed by atoms with Gasteiger partial charge in [-0.1, -0.05) is 66.4 Å². The molecule has 0 radical (unpaired) electrons. The van der Waals surface area contributed by atoms with Crippen molar-refractivity contribution in [2.24, 2.45) is 0 Å². The van der Waals surface area contributed by atoms with Crippen LogP contribution in [0.3, 0.4) is 0 Å². The Balaban J connectivity index is 1.35. The molecular weight excluding hydrogens is 472 g/mol. The summed E-state index contributed by atoms with van der Waals surface area (Å²) in [5.74, 6) is 2.31. The first-order valence-corrected chi connectivity index (χ1v) is 12.9. The van der Waals surface area contributed by atoms with Gasteiger partial charge in [0, 0.05) is 18.8 Å². The van der Waals surface area contributed by atoms with Crippen LogP contribution >= 0.6 is 11.8 Å². The summed E-state index contributed by atoms with van der Waals surface area (Å²) in [6.07, 6.45) is 0.479. The van der Waals surface area contributed by atoms with Crippen LogP contribution in [0.5, 0.6) is 11.5 Å². The summed E-state index contributed by atoms with van der Waals surface area (Å²) in [6, 6.07) is 25.7. The van der Waals surface area contributed by atoms with E-state index < -0.39 is 6.10 Å². The zero-order valence-corrected chi connectivity index (χ0v) is 21.1. The first kappa shape index (κ1) is 23.9. The molecule has 184 valence electrons. The van der Waals surface area contributed by atoms with Crippen molar-refractivity contribution in [1.29, 1.82) is 0 Å². The Bertz CT molecular complexity index is 1340. The van der Waals surface area contributed by atoms with Gasteiger partial charge in [-0.3, -0.25) is 9.36 Å². The van der Waals surface area contributed by atoms with Gasteiger partial charge in [0.15, 0.2) is 28.6 Å². The molecule has 1 unspecified atom stereocenters. The third-order valence-corrected chi connectivity index (χ3v) is 7.13. The van der Waals surface area contributed by atoms with E-state index in [1.165, 1.54) is 22.9 Å². The van der Waals surface area contributed by atoms with E-state index in [9.17, 15) is 4.79 Å². The highest BCUT2D eigenvalue weighted by molar-refractivity contribution is 7.99. The number of hydrogen-bond donors (Lipinski definition) is 0. The molecule has 1 aliphatic rings. The van der Waals surface area contributed by atoms with Gasteiger partial charge in [-0.2, -0.15) is 0 Å². The molecule has 36 heavy (non-hydrogen) atoms. The second kappa shape index (κ2) is 10.9. The number of nitrogens with zero attached hydrogens (tertiary/aromatic N) is 4. The van der Waals surface area contributed by atoms with Crippen molar-refractivity contribution in [3.05, 3.63) is 95.8 Å². The summed E-state index contributed by atoms with van der Waals surface area (Å²) < 4.78 is 13.6. The molecule has 2 heterocycles. The van der Waals surface area contributed by atoms with Gasteiger partial charge in [-0.25, -0.2) is 0 Å². The highest BCUT2D eigenvalue weighted by Gasteiger charge is 2.24. The van der Waals surface area contributed by atoms with E-state index in [4.69, 9.17) is 9.47 Å².